The lowest BCUT2D eigenvalue weighted by atomic mass is 10.1. The highest BCUT2D eigenvalue weighted by atomic mass is 32.2. The van der Waals surface area contributed by atoms with E-state index in [4.69, 9.17) is 8.92 Å². The molecule has 0 unspecified atom stereocenters. The number of methoxy groups -OCH3 is 1. The molecule has 0 atom stereocenters. The largest absolute Gasteiger partial charge is 0.494 e. The molecule has 3 rings (SSSR count). The van der Waals surface area contributed by atoms with Crippen molar-refractivity contribution in [2.24, 2.45) is 0 Å². The molecule has 1 aromatic heterocycles. The Morgan fingerprint density at radius 2 is 1.78 bits per heavy atom. The summed E-state index contributed by atoms with van der Waals surface area (Å²) in [7, 11) is -2.23. The van der Waals surface area contributed by atoms with Crippen LogP contribution < -0.4 is 10.3 Å². The molecule has 0 aliphatic heterocycles. The van der Waals surface area contributed by atoms with Crippen molar-refractivity contribution in [2.45, 2.75) is 19.4 Å². The molecule has 32 heavy (non-hydrogen) atoms. The maximum Gasteiger partial charge on any atom is 0.270 e. The van der Waals surface area contributed by atoms with Crippen LogP contribution in [0, 0.1) is 11.6 Å². The van der Waals surface area contributed by atoms with Crippen LogP contribution in [0.2, 0.25) is 0 Å². The number of hydrogen-bond donors (Lipinski definition) is 0. The second-order valence-corrected chi connectivity index (χ2v) is 8.77. The summed E-state index contributed by atoms with van der Waals surface area (Å²) in [5.74, 6) is -0.902. The number of aryl methyl sites for hydroxylation is 1. The van der Waals surface area contributed by atoms with Crippen molar-refractivity contribution in [1.29, 1.82) is 0 Å². The van der Waals surface area contributed by atoms with Gasteiger partial charge in [-0.05, 0) is 54.8 Å². The normalized spacial score (nSPS) is 11.5. The van der Waals surface area contributed by atoms with E-state index in [2.05, 4.69) is 5.10 Å². The van der Waals surface area contributed by atoms with Crippen molar-refractivity contribution in [1.82, 2.24) is 9.78 Å². The molecule has 0 aliphatic rings. The van der Waals surface area contributed by atoms with Gasteiger partial charge in [0.05, 0.1) is 32.2 Å². The first-order valence-electron chi connectivity index (χ1n) is 9.70. The molecule has 7 nitrogen and oxygen atoms in total. The average molecular weight is 464 g/mol. The molecule has 0 N–H and O–H groups in total. The Labute approximate surface area is 184 Å². The van der Waals surface area contributed by atoms with Crippen LogP contribution in [0.25, 0.3) is 11.3 Å². The molecule has 3 aromatic rings. The number of ether oxygens (including phenoxy) is 1. The minimum Gasteiger partial charge on any atom is -0.494 e. The van der Waals surface area contributed by atoms with Gasteiger partial charge in [0.15, 0.2) is 11.6 Å². The van der Waals surface area contributed by atoms with Crippen molar-refractivity contribution < 1.29 is 26.1 Å². The van der Waals surface area contributed by atoms with E-state index in [-0.39, 0.29) is 37.3 Å². The van der Waals surface area contributed by atoms with E-state index >= 15 is 0 Å². The van der Waals surface area contributed by atoms with Crippen LogP contribution in [0.5, 0.6) is 5.75 Å². The van der Waals surface area contributed by atoms with Crippen molar-refractivity contribution in [3.05, 3.63) is 81.6 Å². The highest BCUT2D eigenvalue weighted by molar-refractivity contribution is 7.85. The first-order valence-corrected chi connectivity index (χ1v) is 11.5. The van der Waals surface area contributed by atoms with Gasteiger partial charge >= 0.3 is 0 Å². The van der Waals surface area contributed by atoms with Crippen molar-refractivity contribution in [2.75, 3.05) is 20.0 Å². The predicted octanol–water partition coefficient (Wildman–Crippen LogP) is 3.15. The van der Waals surface area contributed by atoms with Crippen LogP contribution in [0.4, 0.5) is 8.78 Å². The number of hydrogen-bond acceptors (Lipinski definition) is 6. The first-order chi connectivity index (χ1) is 15.2. The summed E-state index contributed by atoms with van der Waals surface area (Å²) in [5.41, 5.74) is 1.43. The molecule has 0 radical (unpaired) electrons. The van der Waals surface area contributed by atoms with Crippen molar-refractivity contribution in [3.63, 3.8) is 0 Å². The Hall–Kier alpha value is -3.11. The number of benzene rings is 2. The van der Waals surface area contributed by atoms with Gasteiger partial charge in [0.1, 0.15) is 5.82 Å². The van der Waals surface area contributed by atoms with Gasteiger partial charge < -0.3 is 4.74 Å². The van der Waals surface area contributed by atoms with Crippen LogP contribution in [0.1, 0.15) is 17.5 Å². The predicted molar refractivity (Wildman–Crippen MR) is 115 cm³/mol. The summed E-state index contributed by atoms with van der Waals surface area (Å²) in [6, 6.07) is 11.5. The lowest BCUT2D eigenvalue weighted by Gasteiger charge is -2.12. The third-order valence-electron chi connectivity index (χ3n) is 4.63. The van der Waals surface area contributed by atoms with Crippen LogP contribution >= 0.6 is 0 Å². The van der Waals surface area contributed by atoms with Crippen LogP contribution in [0.15, 0.2) is 53.3 Å². The zero-order valence-electron chi connectivity index (χ0n) is 17.5. The highest BCUT2D eigenvalue weighted by Crippen LogP contribution is 2.24. The third-order valence-corrected chi connectivity index (χ3v) is 5.22. The van der Waals surface area contributed by atoms with E-state index in [9.17, 15) is 22.0 Å². The van der Waals surface area contributed by atoms with Gasteiger partial charge in [0.2, 0.25) is 0 Å². The molecule has 10 heteroatoms. The van der Waals surface area contributed by atoms with E-state index in [0.717, 1.165) is 6.26 Å². The molecule has 1 heterocycles. The number of aromatic nitrogens is 2. The summed E-state index contributed by atoms with van der Waals surface area (Å²) in [6.07, 6.45) is 1.46. The molecular formula is C22H22F2N2O5S. The fourth-order valence-electron chi connectivity index (χ4n) is 3.09. The Morgan fingerprint density at radius 1 is 1.06 bits per heavy atom. The van der Waals surface area contributed by atoms with Gasteiger partial charge in [0, 0.05) is 11.1 Å². The quantitative estimate of drug-likeness (QED) is 0.357. The number of rotatable bonds is 9. The lowest BCUT2D eigenvalue weighted by Crippen LogP contribution is -2.27. The van der Waals surface area contributed by atoms with Gasteiger partial charge in [0.25, 0.3) is 15.7 Å². The molecule has 0 bridgehead atoms. The summed E-state index contributed by atoms with van der Waals surface area (Å²) in [6.45, 7) is 0.00346. The van der Waals surface area contributed by atoms with E-state index in [1.807, 2.05) is 0 Å². The monoisotopic (exact) mass is 464 g/mol. The smallest absolute Gasteiger partial charge is 0.270 e. The minimum atomic E-state index is -3.58. The second kappa shape index (κ2) is 10.0. The van der Waals surface area contributed by atoms with Crippen molar-refractivity contribution >= 4 is 10.1 Å². The molecule has 0 saturated heterocycles. The molecule has 0 fully saturated rings. The maximum atomic E-state index is 14.2. The number of nitrogens with zero attached hydrogens (tertiary/aromatic N) is 2. The van der Waals surface area contributed by atoms with E-state index in [1.54, 1.807) is 24.3 Å². The summed E-state index contributed by atoms with van der Waals surface area (Å²) < 4.78 is 60.6. The van der Waals surface area contributed by atoms with Gasteiger partial charge in [-0.15, -0.1) is 0 Å². The van der Waals surface area contributed by atoms with Gasteiger partial charge in [-0.1, -0.05) is 12.1 Å². The zero-order valence-corrected chi connectivity index (χ0v) is 18.4. The Bertz CT molecular complexity index is 1260. The summed E-state index contributed by atoms with van der Waals surface area (Å²) in [5, 5.41) is 4.36. The van der Waals surface area contributed by atoms with E-state index in [0.29, 0.717) is 22.4 Å². The fraction of sp³-hybridized carbons (Fsp3) is 0.273. The lowest BCUT2D eigenvalue weighted by molar-refractivity contribution is 0.315. The topological polar surface area (TPSA) is 87.5 Å². The Morgan fingerprint density at radius 3 is 2.41 bits per heavy atom. The molecule has 0 amide bonds. The Balaban J connectivity index is 1.97. The van der Waals surface area contributed by atoms with Gasteiger partial charge in [-0.25, -0.2) is 13.5 Å². The maximum absolute atomic E-state index is 14.2. The van der Waals surface area contributed by atoms with Crippen LogP contribution in [-0.2, 0) is 27.3 Å². The fourth-order valence-corrected chi connectivity index (χ4v) is 3.51. The standard InChI is InChI=1S/C22H22F2N2O5S/c1-30-21-10-7-16(12-19(21)24)20-13-17(4-3-11-31-32(2,28)29)22(27)26(25-20)14-15-5-8-18(23)9-6-15/h5-10,12-13H,3-4,11,14H2,1-2H3. The van der Waals surface area contributed by atoms with Crippen LogP contribution in [-0.4, -0.2) is 38.2 Å². The molecule has 0 saturated carbocycles. The molecule has 170 valence electrons. The summed E-state index contributed by atoms with van der Waals surface area (Å²) in [4.78, 5) is 13.0. The average Bonchev–Trinajstić information content (AvgIpc) is 2.74. The molecule has 0 spiro atoms. The molecule has 0 aliphatic carbocycles. The van der Waals surface area contributed by atoms with Gasteiger partial charge in [-0.2, -0.15) is 13.5 Å². The zero-order chi connectivity index (χ0) is 23.3. The van der Waals surface area contributed by atoms with E-state index in [1.165, 1.54) is 36.1 Å². The SMILES string of the molecule is COc1ccc(-c2cc(CCCOS(C)(=O)=O)c(=O)n(Cc3ccc(F)cc3)n2)cc1F. The van der Waals surface area contributed by atoms with Crippen molar-refractivity contribution in [3.8, 4) is 17.0 Å². The number of halogens is 2. The van der Waals surface area contributed by atoms with E-state index < -0.39 is 21.8 Å². The summed E-state index contributed by atoms with van der Waals surface area (Å²) >= 11 is 0. The third kappa shape index (κ3) is 6.21. The van der Waals surface area contributed by atoms with Crippen LogP contribution in [0.3, 0.4) is 0 Å². The first kappa shape index (κ1) is 23.6. The minimum absolute atomic E-state index is 0.0755. The molecular weight excluding hydrogens is 442 g/mol. The molecule has 2 aromatic carbocycles. The van der Waals surface area contributed by atoms with Gasteiger partial charge in [-0.3, -0.25) is 8.98 Å². The second-order valence-electron chi connectivity index (χ2n) is 7.12. The highest BCUT2D eigenvalue weighted by Gasteiger charge is 2.13. The Kier molecular flexibility index (Phi) is 7.37.